The molecule has 0 saturated carbocycles. The highest BCUT2D eigenvalue weighted by Crippen LogP contribution is 2.16. The van der Waals surface area contributed by atoms with Gasteiger partial charge in [0.25, 0.3) is 0 Å². The molecule has 1 rings (SSSR count). The molecule has 1 heterocycles. The van der Waals surface area contributed by atoms with Crippen LogP contribution < -0.4 is 5.73 Å². The average Bonchev–Trinajstić information content (AvgIpc) is 2.29. The molecule has 2 unspecified atom stereocenters. The van der Waals surface area contributed by atoms with E-state index in [-0.39, 0.29) is 5.91 Å². The monoisotopic (exact) mass is 228 g/mol. The van der Waals surface area contributed by atoms with Crippen molar-refractivity contribution in [2.24, 2.45) is 11.7 Å². The van der Waals surface area contributed by atoms with Gasteiger partial charge >= 0.3 is 0 Å². The first-order valence-electron chi connectivity index (χ1n) is 6.09. The lowest BCUT2D eigenvalue weighted by molar-refractivity contribution is -0.136. The first-order chi connectivity index (χ1) is 7.47. The van der Waals surface area contributed by atoms with Crippen molar-refractivity contribution in [2.75, 3.05) is 26.8 Å². The van der Waals surface area contributed by atoms with E-state index in [2.05, 4.69) is 0 Å². The van der Waals surface area contributed by atoms with Gasteiger partial charge in [0.05, 0.1) is 12.1 Å². The zero-order valence-electron chi connectivity index (χ0n) is 10.7. The van der Waals surface area contributed by atoms with Crippen LogP contribution in [0, 0.1) is 5.92 Å². The van der Waals surface area contributed by atoms with Gasteiger partial charge in [0, 0.05) is 20.2 Å². The van der Waals surface area contributed by atoms with Crippen LogP contribution in [-0.2, 0) is 9.53 Å². The first kappa shape index (κ1) is 13.5. The lowest BCUT2D eigenvalue weighted by Crippen LogP contribution is -2.52. The zero-order valence-corrected chi connectivity index (χ0v) is 10.7. The van der Waals surface area contributed by atoms with Crippen LogP contribution in [0.1, 0.15) is 33.1 Å². The number of nitrogens with two attached hydrogens (primary N) is 1. The first-order valence-corrected chi connectivity index (χ1v) is 6.09. The molecule has 1 fully saturated rings. The van der Waals surface area contributed by atoms with E-state index in [0.29, 0.717) is 12.3 Å². The number of rotatable bonds is 4. The maximum atomic E-state index is 12.0. The highest BCUT2D eigenvalue weighted by molar-refractivity contribution is 5.85. The quantitative estimate of drug-likeness (QED) is 0.781. The van der Waals surface area contributed by atoms with Gasteiger partial charge < -0.3 is 15.4 Å². The lowest BCUT2D eigenvalue weighted by Gasteiger charge is -2.32. The number of carbonyl (C=O) groups excluding carboxylic acids is 1. The Balaban J connectivity index is 2.44. The molecular formula is C12H24N2O2. The van der Waals surface area contributed by atoms with E-state index in [1.165, 1.54) is 0 Å². The number of hydrogen-bond acceptors (Lipinski definition) is 3. The summed E-state index contributed by atoms with van der Waals surface area (Å²) in [5.41, 5.74) is 5.21. The lowest BCUT2D eigenvalue weighted by atomic mass is 9.97. The predicted octanol–water partition coefficient (Wildman–Crippen LogP) is 0.999. The van der Waals surface area contributed by atoms with Crippen molar-refractivity contribution in [3.05, 3.63) is 0 Å². The fourth-order valence-corrected chi connectivity index (χ4v) is 2.01. The summed E-state index contributed by atoms with van der Waals surface area (Å²) >= 11 is 0. The predicted molar refractivity (Wildman–Crippen MR) is 64.1 cm³/mol. The summed E-state index contributed by atoms with van der Waals surface area (Å²) in [6, 6.07) is 0. The van der Waals surface area contributed by atoms with Gasteiger partial charge in [-0.1, -0.05) is 6.92 Å². The van der Waals surface area contributed by atoms with E-state index >= 15 is 0 Å². The Kier molecular flexibility index (Phi) is 4.74. The Morgan fingerprint density at radius 1 is 1.62 bits per heavy atom. The molecule has 0 aromatic heterocycles. The van der Waals surface area contributed by atoms with Crippen LogP contribution in [-0.4, -0.2) is 43.2 Å². The third-order valence-electron chi connectivity index (χ3n) is 3.36. The van der Waals surface area contributed by atoms with Crippen molar-refractivity contribution >= 4 is 5.91 Å². The van der Waals surface area contributed by atoms with Gasteiger partial charge in [0.15, 0.2) is 0 Å². The normalized spacial score (nSPS) is 24.9. The molecule has 1 amide bonds. The Morgan fingerprint density at radius 2 is 2.31 bits per heavy atom. The summed E-state index contributed by atoms with van der Waals surface area (Å²) in [5, 5.41) is 0. The molecule has 0 bridgehead atoms. The van der Waals surface area contributed by atoms with Crippen molar-refractivity contribution in [3.63, 3.8) is 0 Å². The Hall–Kier alpha value is -0.610. The SMILES string of the molecule is CCC(C)(N)C(=O)N(C)CC1CCCOC1. The second-order valence-corrected chi connectivity index (χ2v) is 5.04. The van der Waals surface area contributed by atoms with E-state index < -0.39 is 5.54 Å². The summed E-state index contributed by atoms with van der Waals surface area (Å²) in [6.07, 6.45) is 2.91. The number of amides is 1. The standard InChI is InChI=1S/C12H24N2O2/c1-4-12(2,13)11(15)14(3)8-10-6-5-7-16-9-10/h10H,4-9,13H2,1-3H3. The van der Waals surface area contributed by atoms with Crippen molar-refractivity contribution in [2.45, 2.75) is 38.6 Å². The number of ether oxygens (including phenoxy) is 1. The minimum Gasteiger partial charge on any atom is -0.381 e. The molecule has 1 aliphatic rings. The van der Waals surface area contributed by atoms with Crippen molar-refractivity contribution in [3.8, 4) is 0 Å². The van der Waals surface area contributed by atoms with Crippen molar-refractivity contribution in [1.82, 2.24) is 4.90 Å². The van der Waals surface area contributed by atoms with E-state index in [0.717, 1.165) is 32.6 Å². The van der Waals surface area contributed by atoms with Gasteiger partial charge in [-0.3, -0.25) is 4.79 Å². The molecule has 2 N–H and O–H groups in total. The van der Waals surface area contributed by atoms with Crippen LogP contribution in [0.4, 0.5) is 0 Å². The molecule has 4 heteroatoms. The fourth-order valence-electron chi connectivity index (χ4n) is 2.01. The largest absolute Gasteiger partial charge is 0.381 e. The van der Waals surface area contributed by atoms with Gasteiger partial charge in [-0.05, 0) is 32.1 Å². The highest BCUT2D eigenvalue weighted by Gasteiger charge is 2.30. The van der Waals surface area contributed by atoms with Crippen molar-refractivity contribution < 1.29 is 9.53 Å². The maximum Gasteiger partial charge on any atom is 0.242 e. The molecule has 0 aromatic rings. The van der Waals surface area contributed by atoms with Crippen LogP contribution in [0.5, 0.6) is 0 Å². The van der Waals surface area contributed by atoms with Crippen LogP contribution in [0.15, 0.2) is 0 Å². The maximum absolute atomic E-state index is 12.0. The van der Waals surface area contributed by atoms with Crippen molar-refractivity contribution in [1.29, 1.82) is 0 Å². The summed E-state index contributed by atoms with van der Waals surface area (Å²) < 4.78 is 5.41. The number of likely N-dealkylation sites (N-methyl/N-ethyl adjacent to an activating group) is 1. The average molecular weight is 228 g/mol. The molecule has 1 aliphatic heterocycles. The summed E-state index contributed by atoms with van der Waals surface area (Å²) in [7, 11) is 1.83. The summed E-state index contributed by atoms with van der Waals surface area (Å²) in [4.78, 5) is 13.8. The van der Waals surface area contributed by atoms with Gasteiger partial charge in [-0.2, -0.15) is 0 Å². The Morgan fingerprint density at radius 3 is 2.81 bits per heavy atom. The van der Waals surface area contributed by atoms with Crippen LogP contribution in [0.25, 0.3) is 0 Å². The Bertz CT molecular complexity index is 235. The molecule has 1 saturated heterocycles. The molecule has 0 aliphatic carbocycles. The Labute approximate surface area is 98.1 Å². The second kappa shape index (κ2) is 5.64. The van der Waals surface area contributed by atoms with E-state index in [1.54, 1.807) is 11.8 Å². The number of hydrogen-bond donors (Lipinski definition) is 1. The van der Waals surface area contributed by atoms with Gasteiger partial charge in [0.1, 0.15) is 0 Å². The summed E-state index contributed by atoms with van der Waals surface area (Å²) in [6.45, 7) is 6.12. The molecule has 2 atom stereocenters. The van der Waals surface area contributed by atoms with Gasteiger partial charge in [-0.25, -0.2) is 0 Å². The second-order valence-electron chi connectivity index (χ2n) is 5.04. The minimum absolute atomic E-state index is 0.0283. The van der Waals surface area contributed by atoms with E-state index in [9.17, 15) is 4.79 Å². The minimum atomic E-state index is -0.732. The van der Waals surface area contributed by atoms with Crippen LogP contribution in [0.2, 0.25) is 0 Å². The van der Waals surface area contributed by atoms with E-state index in [1.807, 2.05) is 14.0 Å². The molecule has 4 nitrogen and oxygen atoms in total. The van der Waals surface area contributed by atoms with Gasteiger partial charge in [0.2, 0.25) is 5.91 Å². The molecule has 16 heavy (non-hydrogen) atoms. The topological polar surface area (TPSA) is 55.6 Å². The molecular weight excluding hydrogens is 204 g/mol. The third-order valence-corrected chi connectivity index (χ3v) is 3.36. The molecule has 0 aromatic carbocycles. The van der Waals surface area contributed by atoms with Gasteiger partial charge in [-0.15, -0.1) is 0 Å². The number of carbonyl (C=O) groups is 1. The molecule has 0 radical (unpaired) electrons. The molecule has 0 spiro atoms. The smallest absolute Gasteiger partial charge is 0.242 e. The van der Waals surface area contributed by atoms with E-state index in [4.69, 9.17) is 10.5 Å². The summed E-state index contributed by atoms with van der Waals surface area (Å²) in [5.74, 6) is 0.496. The van der Waals surface area contributed by atoms with Crippen LogP contribution >= 0.6 is 0 Å². The zero-order chi connectivity index (χ0) is 12.2. The molecule has 94 valence electrons. The van der Waals surface area contributed by atoms with Crippen LogP contribution in [0.3, 0.4) is 0 Å². The highest BCUT2D eigenvalue weighted by atomic mass is 16.5. The fraction of sp³-hybridized carbons (Fsp3) is 0.917. The number of nitrogens with zero attached hydrogens (tertiary/aromatic N) is 1. The third kappa shape index (κ3) is 3.46.